The monoisotopic (exact) mass is 406 g/mol. The molecule has 0 N–H and O–H groups in total. The molecule has 2 aliphatic heterocycles. The molecule has 7 nitrogen and oxygen atoms in total. The number of ether oxygens (including phenoxy) is 2. The number of carbonyl (C=O) groups is 1. The zero-order valence-electron chi connectivity index (χ0n) is 17.6. The molecule has 0 saturated carbocycles. The van der Waals surface area contributed by atoms with Crippen LogP contribution in [0.1, 0.15) is 44.9 Å². The topological polar surface area (TPSA) is 88.3 Å². The van der Waals surface area contributed by atoms with E-state index in [4.69, 9.17) is 14.7 Å². The molecule has 7 heteroatoms. The third-order valence-corrected chi connectivity index (χ3v) is 5.54. The number of hydrogen-bond donors (Lipinski definition) is 0. The number of nitrogens with zero attached hydrogens (tertiary/aromatic N) is 4. The summed E-state index contributed by atoms with van der Waals surface area (Å²) in [6.07, 6.45) is 5.96. The molecule has 4 rings (SSSR count). The van der Waals surface area contributed by atoms with Gasteiger partial charge in [0.1, 0.15) is 29.2 Å². The predicted octanol–water partition coefficient (Wildman–Crippen LogP) is 3.97. The summed E-state index contributed by atoms with van der Waals surface area (Å²) in [4.78, 5) is 22.7. The van der Waals surface area contributed by atoms with Crippen molar-refractivity contribution in [2.45, 2.75) is 51.7 Å². The summed E-state index contributed by atoms with van der Waals surface area (Å²) in [6, 6.07) is 7.63. The Morgan fingerprint density at radius 3 is 2.63 bits per heavy atom. The SMILES string of the molecule is CC(C)(C)OC(=O)N1CCC(C2Cc3cc(-c4ccc(C#N)nc4)ncc3O2)CC1. The van der Waals surface area contributed by atoms with Gasteiger partial charge in [-0.3, -0.25) is 4.98 Å². The smallest absolute Gasteiger partial charge is 0.410 e. The van der Waals surface area contributed by atoms with Crippen LogP contribution in [0.15, 0.2) is 30.6 Å². The van der Waals surface area contributed by atoms with Gasteiger partial charge in [0.25, 0.3) is 0 Å². The van der Waals surface area contributed by atoms with Gasteiger partial charge in [0.2, 0.25) is 0 Å². The second-order valence-corrected chi connectivity index (χ2v) is 8.89. The Bertz CT molecular complexity index is 967. The number of carbonyl (C=O) groups excluding carboxylic acids is 1. The first-order valence-electron chi connectivity index (χ1n) is 10.3. The van der Waals surface area contributed by atoms with Crippen molar-refractivity contribution in [1.82, 2.24) is 14.9 Å². The molecule has 0 aromatic carbocycles. The van der Waals surface area contributed by atoms with Crippen molar-refractivity contribution < 1.29 is 14.3 Å². The van der Waals surface area contributed by atoms with Crippen molar-refractivity contribution >= 4 is 6.09 Å². The van der Waals surface area contributed by atoms with Gasteiger partial charge in [0, 0.05) is 36.8 Å². The van der Waals surface area contributed by atoms with Crippen LogP contribution in [0.2, 0.25) is 0 Å². The first kappa shape index (κ1) is 20.1. The van der Waals surface area contributed by atoms with E-state index in [1.54, 1.807) is 23.4 Å². The van der Waals surface area contributed by atoms with Gasteiger partial charge in [-0.25, -0.2) is 9.78 Å². The molecule has 0 radical (unpaired) electrons. The van der Waals surface area contributed by atoms with E-state index in [2.05, 4.69) is 9.97 Å². The van der Waals surface area contributed by atoms with Gasteiger partial charge in [-0.2, -0.15) is 5.26 Å². The van der Waals surface area contributed by atoms with E-state index in [0.717, 1.165) is 41.8 Å². The lowest BCUT2D eigenvalue weighted by molar-refractivity contribution is 0.0123. The number of hydrogen-bond acceptors (Lipinski definition) is 6. The van der Waals surface area contributed by atoms with Gasteiger partial charge in [0.05, 0.1) is 11.9 Å². The van der Waals surface area contributed by atoms with Crippen LogP contribution in [-0.2, 0) is 11.2 Å². The Balaban J connectivity index is 1.37. The first-order valence-corrected chi connectivity index (χ1v) is 10.3. The molecule has 4 heterocycles. The van der Waals surface area contributed by atoms with E-state index in [0.29, 0.717) is 24.7 Å². The second kappa shape index (κ2) is 7.94. The molecule has 156 valence electrons. The minimum atomic E-state index is -0.473. The molecule has 30 heavy (non-hydrogen) atoms. The van der Waals surface area contributed by atoms with E-state index in [1.807, 2.05) is 39.0 Å². The van der Waals surface area contributed by atoms with Crippen LogP contribution in [0.4, 0.5) is 4.79 Å². The Hall–Kier alpha value is -3.14. The maximum absolute atomic E-state index is 12.3. The normalized spacial score (nSPS) is 19.0. The van der Waals surface area contributed by atoms with Gasteiger partial charge in [-0.05, 0) is 57.7 Å². The lowest BCUT2D eigenvalue weighted by Crippen LogP contribution is -2.44. The highest BCUT2D eigenvalue weighted by molar-refractivity contribution is 5.68. The standard InChI is InChI=1S/C23H26N4O3/c1-23(2,3)30-22(28)27-8-6-15(7-9-27)20-11-17-10-19(26-14-21(17)29-20)16-4-5-18(12-24)25-13-16/h4-5,10,13-15,20H,6-9,11H2,1-3H3. The fourth-order valence-corrected chi connectivity index (χ4v) is 3.98. The van der Waals surface area contributed by atoms with Crippen LogP contribution in [0.5, 0.6) is 5.75 Å². The number of rotatable bonds is 2. The predicted molar refractivity (Wildman–Crippen MR) is 111 cm³/mol. The van der Waals surface area contributed by atoms with E-state index in [9.17, 15) is 4.79 Å². The third-order valence-electron chi connectivity index (χ3n) is 5.54. The number of aromatic nitrogens is 2. The number of likely N-dealkylation sites (tertiary alicyclic amines) is 1. The Morgan fingerprint density at radius 2 is 2.00 bits per heavy atom. The zero-order valence-corrected chi connectivity index (χ0v) is 17.6. The molecule has 1 fully saturated rings. The Labute approximate surface area is 176 Å². The molecule has 0 aliphatic carbocycles. The summed E-state index contributed by atoms with van der Waals surface area (Å²) in [6.45, 7) is 7.04. The van der Waals surface area contributed by atoms with Gasteiger partial charge in [-0.1, -0.05) is 0 Å². The molecule has 1 saturated heterocycles. The molecule has 2 aromatic rings. The zero-order chi connectivity index (χ0) is 21.3. The number of fused-ring (bicyclic) bond motifs is 1. The highest BCUT2D eigenvalue weighted by Gasteiger charge is 2.35. The van der Waals surface area contributed by atoms with Crippen molar-refractivity contribution in [3.8, 4) is 23.1 Å². The number of nitriles is 1. The molecule has 2 aromatic heterocycles. The average Bonchev–Trinajstić information content (AvgIpc) is 3.16. The summed E-state index contributed by atoms with van der Waals surface area (Å²) in [5.41, 5.74) is 2.77. The maximum atomic E-state index is 12.3. The lowest BCUT2D eigenvalue weighted by atomic mass is 9.89. The van der Waals surface area contributed by atoms with E-state index < -0.39 is 5.60 Å². The average molecular weight is 406 g/mol. The largest absolute Gasteiger partial charge is 0.488 e. The summed E-state index contributed by atoms with van der Waals surface area (Å²) in [5, 5.41) is 8.90. The first-order chi connectivity index (χ1) is 14.3. The van der Waals surface area contributed by atoms with Crippen LogP contribution in [0.3, 0.4) is 0 Å². The number of amides is 1. The molecule has 1 unspecified atom stereocenters. The van der Waals surface area contributed by atoms with Gasteiger partial charge in [-0.15, -0.1) is 0 Å². The Morgan fingerprint density at radius 1 is 1.23 bits per heavy atom. The van der Waals surface area contributed by atoms with Crippen molar-refractivity contribution in [2.24, 2.45) is 5.92 Å². The number of pyridine rings is 2. The summed E-state index contributed by atoms with van der Waals surface area (Å²) < 4.78 is 11.7. The van der Waals surface area contributed by atoms with Crippen LogP contribution in [-0.4, -0.2) is 45.8 Å². The quantitative estimate of drug-likeness (QED) is 0.750. The van der Waals surface area contributed by atoms with Crippen molar-refractivity contribution in [1.29, 1.82) is 5.26 Å². The van der Waals surface area contributed by atoms with Crippen molar-refractivity contribution in [3.63, 3.8) is 0 Å². The van der Waals surface area contributed by atoms with Crippen molar-refractivity contribution in [2.75, 3.05) is 13.1 Å². The lowest BCUT2D eigenvalue weighted by Gasteiger charge is -2.35. The van der Waals surface area contributed by atoms with E-state index >= 15 is 0 Å². The summed E-state index contributed by atoms with van der Waals surface area (Å²) in [7, 11) is 0. The van der Waals surface area contributed by atoms with Crippen LogP contribution >= 0.6 is 0 Å². The third kappa shape index (κ3) is 4.38. The molecular formula is C23H26N4O3. The number of piperidine rings is 1. The van der Waals surface area contributed by atoms with Crippen LogP contribution in [0.25, 0.3) is 11.3 Å². The molecule has 1 amide bonds. The van der Waals surface area contributed by atoms with Crippen LogP contribution in [0, 0.1) is 17.2 Å². The second-order valence-electron chi connectivity index (χ2n) is 8.89. The summed E-state index contributed by atoms with van der Waals surface area (Å²) >= 11 is 0. The molecular weight excluding hydrogens is 380 g/mol. The maximum Gasteiger partial charge on any atom is 0.410 e. The minimum Gasteiger partial charge on any atom is -0.488 e. The highest BCUT2D eigenvalue weighted by Crippen LogP contribution is 2.36. The molecule has 0 bridgehead atoms. The van der Waals surface area contributed by atoms with Gasteiger partial charge >= 0.3 is 6.09 Å². The molecule has 1 atom stereocenters. The summed E-state index contributed by atoms with van der Waals surface area (Å²) in [5.74, 6) is 1.23. The van der Waals surface area contributed by atoms with Gasteiger partial charge in [0.15, 0.2) is 0 Å². The minimum absolute atomic E-state index is 0.108. The molecule has 2 aliphatic rings. The highest BCUT2D eigenvalue weighted by atomic mass is 16.6. The van der Waals surface area contributed by atoms with E-state index in [-0.39, 0.29) is 12.2 Å². The Kier molecular flexibility index (Phi) is 5.33. The van der Waals surface area contributed by atoms with E-state index in [1.165, 1.54) is 0 Å². The van der Waals surface area contributed by atoms with Crippen LogP contribution < -0.4 is 4.74 Å². The fourth-order valence-electron chi connectivity index (χ4n) is 3.98. The fraction of sp³-hybridized carbons (Fsp3) is 0.478. The molecule has 0 spiro atoms. The van der Waals surface area contributed by atoms with Crippen molar-refractivity contribution in [3.05, 3.63) is 41.9 Å². The van der Waals surface area contributed by atoms with Gasteiger partial charge < -0.3 is 14.4 Å².